The maximum Gasteiger partial charge on any atom is 0.393 e. The number of likely N-dealkylation sites (tertiary alicyclic amines) is 1. The van der Waals surface area contributed by atoms with E-state index >= 15 is 0 Å². The second-order valence-corrected chi connectivity index (χ2v) is 16.7. The molecule has 266 valence electrons. The van der Waals surface area contributed by atoms with E-state index in [1.807, 2.05) is 16.7 Å². The molecule has 50 heavy (non-hydrogen) atoms. The quantitative estimate of drug-likeness (QED) is 0.242. The van der Waals surface area contributed by atoms with E-state index in [4.69, 9.17) is 11.6 Å². The Labute approximate surface area is 295 Å². The van der Waals surface area contributed by atoms with Crippen LogP contribution in [0, 0.1) is 16.7 Å². The first-order valence-corrected chi connectivity index (χ1v) is 19.1. The Hall–Kier alpha value is -3.48. The molecule has 0 saturated carbocycles. The number of sulfonamides is 1. The largest absolute Gasteiger partial charge is 0.393 e. The van der Waals surface area contributed by atoms with Crippen molar-refractivity contribution in [1.29, 1.82) is 5.26 Å². The number of aromatic nitrogens is 3. The van der Waals surface area contributed by atoms with E-state index in [1.54, 1.807) is 12.1 Å². The number of hydrogen-bond acceptors (Lipinski definition) is 8. The van der Waals surface area contributed by atoms with Gasteiger partial charge in [0.25, 0.3) is 0 Å². The van der Waals surface area contributed by atoms with Crippen LogP contribution < -0.4 is 4.90 Å². The van der Waals surface area contributed by atoms with Crippen LogP contribution in [0.15, 0.2) is 42.7 Å². The van der Waals surface area contributed by atoms with Gasteiger partial charge in [0.1, 0.15) is 23.9 Å². The standard InChI is InChI=1S/C35H40ClF3N8O2S/c1-24(44-9-11-46(12-10-44)50(2,48)49)19-47-27(18-40)16-28-30(36)14-26(15-32(28)47)20-43-7-5-34(6-8-43)21-45(22-34)33-29-13-25(17-35(37,38)39)3-4-31(29)41-23-42-33/h3-4,13-16,23-24H,5-12,17,19-22H2,1-2H3. The average molecular weight is 729 g/mol. The van der Waals surface area contributed by atoms with E-state index < -0.39 is 22.6 Å². The lowest BCUT2D eigenvalue weighted by atomic mass is 9.72. The first-order valence-electron chi connectivity index (χ1n) is 16.9. The number of nitriles is 1. The third-order valence-electron chi connectivity index (χ3n) is 10.7. The molecule has 0 N–H and O–H groups in total. The van der Waals surface area contributed by atoms with Gasteiger partial charge in [0.2, 0.25) is 10.0 Å². The zero-order valence-corrected chi connectivity index (χ0v) is 29.7. The number of rotatable bonds is 8. The van der Waals surface area contributed by atoms with Gasteiger partial charge in [-0.3, -0.25) is 9.80 Å². The Bertz CT molecular complexity index is 2060. The molecule has 3 saturated heterocycles. The van der Waals surface area contributed by atoms with Gasteiger partial charge >= 0.3 is 6.18 Å². The highest BCUT2D eigenvalue weighted by molar-refractivity contribution is 7.88. The Balaban J connectivity index is 0.999. The van der Waals surface area contributed by atoms with Gasteiger partial charge in [-0.1, -0.05) is 17.7 Å². The maximum absolute atomic E-state index is 13.1. The normalized spacial score (nSPS) is 20.0. The fraction of sp³-hybridized carbons (Fsp3) is 0.514. The van der Waals surface area contributed by atoms with Crippen molar-refractivity contribution in [2.75, 3.05) is 63.5 Å². The number of piperidine rings is 1. The second-order valence-electron chi connectivity index (χ2n) is 14.3. The molecule has 7 rings (SSSR count). The van der Waals surface area contributed by atoms with E-state index in [0.717, 1.165) is 62.0 Å². The number of nitrogens with zero attached hydrogens (tertiary/aromatic N) is 8. The van der Waals surface area contributed by atoms with Crippen LogP contribution in [-0.4, -0.2) is 108 Å². The molecule has 3 aliphatic heterocycles. The van der Waals surface area contributed by atoms with Crippen molar-refractivity contribution >= 4 is 49.2 Å². The van der Waals surface area contributed by atoms with Gasteiger partial charge in [0, 0.05) is 74.6 Å². The number of anilines is 1. The Morgan fingerprint density at radius 3 is 2.36 bits per heavy atom. The molecule has 1 unspecified atom stereocenters. The van der Waals surface area contributed by atoms with Crippen molar-refractivity contribution in [3.05, 3.63) is 64.6 Å². The lowest BCUT2D eigenvalue weighted by Crippen LogP contribution is -2.60. The number of fused-ring (bicyclic) bond motifs is 2. The van der Waals surface area contributed by atoms with Crippen molar-refractivity contribution in [3.8, 4) is 6.07 Å². The molecule has 0 amide bonds. The summed E-state index contributed by atoms with van der Waals surface area (Å²) in [5, 5.41) is 12.1. The summed E-state index contributed by atoms with van der Waals surface area (Å²) in [7, 11) is -3.21. The van der Waals surface area contributed by atoms with Crippen LogP contribution in [0.2, 0.25) is 5.02 Å². The number of halogens is 4. The van der Waals surface area contributed by atoms with Gasteiger partial charge in [0.05, 0.1) is 28.7 Å². The number of alkyl halides is 3. The van der Waals surface area contributed by atoms with Gasteiger partial charge in [-0.15, -0.1) is 0 Å². The predicted molar refractivity (Wildman–Crippen MR) is 188 cm³/mol. The van der Waals surface area contributed by atoms with Crippen LogP contribution in [0.3, 0.4) is 0 Å². The first kappa shape index (κ1) is 34.9. The topological polar surface area (TPSA) is 102 Å². The van der Waals surface area contributed by atoms with Gasteiger partial charge in [-0.05, 0) is 74.3 Å². The molecule has 1 spiro atoms. The molecule has 5 heterocycles. The highest BCUT2D eigenvalue weighted by atomic mass is 35.5. The van der Waals surface area contributed by atoms with Crippen molar-refractivity contribution in [3.63, 3.8) is 0 Å². The summed E-state index contributed by atoms with van der Waals surface area (Å²) in [6, 6.07) is 13.1. The number of hydrogen-bond donors (Lipinski definition) is 0. The number of benzene rings is 2. The van der Waals surface area contributed by atoms with E-state index in [9.17, 15) is 26.9 Å². The van der Waals surface area contributed by atoms with Crippen LogP contribution >= 0.6 is 11.6 Å². The molecule has 15 heteroatoms. The Morgan fingerprint density at radius 2 is 1.70 bits per heavy atom. The van der Waals surface area contributed by atoms with Gasteiger partial charge in [-0.25, -0.2) is 18.4 Å². The molecule has 3 aliphatic rings. The van der Waals surface area contributed by atoms with E-state index in [-0.39, 0.29) is 17.0 Å². The van der Waals surface area contributed by atoms with Crippen LogP contribution in [0.5, 0.6) is 0 Å². The SMILES string of the molecule is CC(Cn1c(C#N)cc2c(Cl)cc(CN3CCC4(CC3)CN(c3ncnc5ccc(CC(F)(F)F)cc35)C4)cc21)N1CCN(S(C)(=O)=O)CC1. The second kappa shape index (κ2) is 13.2. The van der Waals surface area contributed by atoms with Gasteiger partial charge in [0.15, 0.2) is 0 Å². The summed E-state index contributed by atoms with van der Waals surface area (Å²) in [5.41, 5.74) is 3.53. The third kappa shape index (κ3) is 7.16. The molecule has 3 fully saturated rings. The monoisotopic (exact) mass is 728 g/mol. The minimum Gasteiger partial charge on any atom is -0.355 e. The Kier molecular flexibility index (Phi) is 9.26. The summed E-state index contributed by atoms with van der Waals surface area (Å²) in [4.78, 5) is 15.6. The molecule has 0 aliphatic carbocycles. The van der Waals surface area contributed by atoms with Crippen molar-refractivity contribution in [1.82, 2.24) is 28.6 Å². The zero-order valence-electron chi connectivity index (χ0n) is 28.1. The van der Waals surface area contributed by atoms with Crippen LogP contribution in [0.4, 0.5) is 19.0 Å². The molecule has 1 atom stereocenters. The van der Waals surface area contributed by atoms with Crippen LogP contribution in [0.1, 0.15) is 36.6 Å². The van der Waals surface area contributed by atoms with E-state index in [2.05, 4.69) is 43.7 Å². The smallest absolute Gasteiger partial charge is 0.355 e. The summed E-state index contributed by atoms with van der Waals surface area (Å²) < 4.78 is 66.7. The van der Waals surface area contributed by atoms with Crippen molar-refractivity contribution in [2.45, 2.75) is 51.5 Å². The molecule has 0 bridgehead atoms. The van der Waals surface area contributed by atoms with Crippen molar-refractivity contribution < 1.29 is 21.6 Å². The molecule has 10 nitrogen and oxygen atoms in total. The lowest BCUT2D eigenvalue weighted by Gasteiger charge is -2.54. The fourth-order valence-corrected chi connectivity index (χ4v) is 9.08. The van der Waals surface area contributed by atoms with Crippen LogP contribution in [0.25, 0.3) is 21.8 Å². The first-order chi connectivity index (χ1) is 23.7. The minimum atomic E-state index is -4.28. The molecule has 2 aromatic carbocycles. The lowest BCUT2D eigenvalue weighted by molar-refractivity contribution is -0.127. The molecule has 4 aromatic rings. The fourth-order valence-electron chi connectivity index (χ4n) is 7.96. The summed E-state index contributed by atoms with van der Waals surface area (Å²) >= 11 is 6.81. The summed E-state index contributed by atoms with van der Waals surface area (Å²) in [6.45, 7) is 9.02. The molecular weight excluding hydrogens is 689 g/mol. The molecular formula is C35H40ClF3N8O2S. The van der Waals surface area contributed by atoms with Gasteiger partial charge in [-0.2, -0.15) is 22.7 Å². The summed E-state index contributed by atoms with van der Waals surface area (Å²) in [5.74, 6) is 0.695. The predicted octanol–water partition coefficient (Wildman–Crippen LogP) is 5.28. The number of piperazine rings is 1. The average Bonchev–Trinajstić information content (AvgIpc) is 3.40. The molecule has 2 aromatic heterocycles. The molecule has 0 radical (unpaired) electrons. The maximum atomic E-state index is 13.1. The van der Waals surface area contributed by atoms with E-state index in [0.29, 0.717) is 60.2 Å². The zero-order chi connectivity index (χ0) is 35.4. The minimum absolute atomic E-state index is 0.0874. The van der Waals surface area contributed by atoms with Crippen molar-refractivity contribution in [2.24, 2.45) is 5.41 Å². The van der Waals surface area contributed by atoms with E-state index in [1.165, 1.54) is 23.0 Å². The third-order valence-corrected chi connectivity index (χ3v) is 12.3. The van der Waals surface area contributed by atoms with Gasteiger partial charge < -0.3 is 9.47 Å². The van der Waals surface area contributed by atoms with Crippen LogP contribution in [-0.2, 0) is 29.5 Å². The highest BCUT2D eigenvalue weighted by Crippen LogP contribution is 2.44. The Morgan fingerprint density at radius 1 is 0.980 bits per heavy atom. The summed E-state index contributed by atoms with van der Waals surface area (Å²) in [6.07, 6.45) is -0.531. The highest BCUT2D eigenvalue weighted by Gasteiger charge is 2.45.